The highest BCUT2D eigenvalue weighted by Crippen LogP contribution is 2.21. The van der Waals surface area contributed by atoms with E-state index in [1.807, 2.05) is 68.6 Å². The van der Waals surface area contributed by atoms with Crippen molar-refractivity contribution in [1.29, 1.82) is 0 Å². The van der Waals surface area contributed by atoms with Gasteiger partial charge in [-0.15, -0.1) is 0 Å². The Hall–Kier alpha value is -3.11. The normalized spacial score (nSPS) is 13.0. The summed E-state index contributed by atoms with van der Waals surface area (Å²) in [4.78, 5) is 14.2. The van der Waals surface area contributed by atoms with Crippen LogP contribution in [0, 0.1) is 0 Å². The number of quaternary nitrogens is 1. The third-order valence-electron chi connectivity index (χ3n) is 5.30. The van der Waals surface area contributed by atoms with Gasteiger partial charge in [0.1, 0.15) is 12.3 Å². The number of benzene rings is 3. The Labute approximate surface area is 173 Å². The maximum Gasteiger partial charge on any atom is 0.278 e. The molecule has 3 aromatic carbocycles. The minimum absolute atomic E-state index is 0.0307. The van der Waals surface area contributed by atoms with E-state index in [0.29, 0.717) is 0 Å². The lowest BCUT2D eigenvalue weighted by Crippen LogP contribution is -3.12. The number of likely N-dealkylation sites (N-methyl/N-ethyl adjacent to an activating group) is 1. The summed E-state index contributed by atoms with van der Waals surface area (Å²) in [5.41, 5.74) is 3.29. The molecule has 1 amide bonds. The quantitative estimate of drug-likeness (QED) is 0.622. The molecule has 2 atom stereocenters. The Morgan fingerprint density at radius 2 is 1.52 bits per heavy atom. The Kier molecular flexibility index (Phi) is 7.04. The highest BCUT2D eigenvalue weighted by Gasteiger charge is 2.25. The van der Waals surface area contributed by atoms with Crippen LogP contribution in [0.4, 0.5) is 0 Å². The molecular weight excluding hydrogens is 360 g/mol. The molecule has 3 rings (SSSR count). The van der Waals surface area contributed by atoms with Gasteiger partial charge in [0.05, 0.1) is 20.2 Å². The minimum atomic E-state index is -0.198. The molecule has 0 radical (unpaired) electrons. The molecule has 0 aliphatic heterocycles. The van der Waals surface area contributed by atoms with Gasteiger partial charge in [-0.25, -0.2) is 0 Å². The molecular formula is C25H29N2O2+. The summed E-state index contributed by atoms with van der Waals surface area (Å²) in [7, 11) is 3.71. The van der Waals surface area contributed by atoms with Crippen LogP contribution in [0.2, 0.25) is 0 Å². The van der Waals surface area contributed by atoms with Crippen LogP contribution in [0.5, 0.6) is 5.75 Å². The molecule has 150 valence electrons. The fourth-order valence-electron chi connectivity index (χ4n) is 3.40. The Balaban J connectivity index is 1.73. The highest BCUT2D eigenvalue weighted by molar-refractivity contribution is 5.80. The zero-order chi connectivity index (χ0) is 20.6. The number of carbonyl (C=O) groups is 1. The summed E-state index contributed by atoms with van der Waals surface area (Å²) in [5, 5.41) is 3.25. The first-order valence-electron chi connectivity index (χ1n) is 9.94. The number of methoxy groups -OCH3 is 1. The van der Waals surface area contributed by atoms with E-state index in [-0.39, 0.29) is 18.0 Å². The van der Waals surface area contributed by atoms with Gasteiger partial charge < -0.3 is 15.0 Å². The van der Waals surface area contributed by atoms with E-state index in [2.05, 4.69) is 35.6 Å². The highest BCUT2D eigenvalue weighted by atomic mass is 16.5. The van der Waals surface area contributed by atoms with Gasteiger partial charge in [-0.3, -0.25) is 4.79 Å². The van der Waals surface area contributed by atoms with Crippen molar-refractivity contribution in [3.05, 3.63) is 102 Å². The lowest BCUT2D eigenvalue weighted by atomic mass is 9.98. The van der Waals surface area contributed by atoms with Crippen LogP contribution in [0.25, 0.3) is 0 Å². The molecule has 0 saturated heterocycles. The van der Waals surface area contributed by atoms with Crippen molar-refractivity contribution in [2.24, 2.45) is 0 Å². The number of rotatable bonds is 8. The van der Waals surface area contributed by atoms with Gasteiger partial charge in [0, 0.05) is 5.56 Å². The maximum absolute atomic E-state index is 13.1. The molecule has 0 bridgehead atoms. The molecule has 0 fully saturated rings. The molecule has 0 aliphatic rings. The molecule has 4 nitrogen and oxygen atoms in total. The van der Waals surface area contributed by atoms with Crippen molar-refractivity contribution in [3.63, 3.8) is 0 Å². The van der Waals surface area contributed by atoms with Crippen molar-refractivity contribution in [3.8, 4) is 5.75 Å². The summed E-state index contributed by atoms with van der Waals surface area (Å²) in [5.74, 6) is 0.865. The molecule has 0 heterocycles. The molecule has 0 spiro atoms. The van der Waals surface area contributed by atoms with Crippen molar-refractivity contribution in [1.82, 2.24) is 5.32 Å². The van der Waals surface area contributed by atoms with E-state index in [1.165, 1.54) is 0 Å². The van der Waals surface area contributed by atoms with Crippen LogP contribution in [0.3, 0.4) is 0 Å². The Bertz CT molecular complexity index is 873. The van der Waals surface area contributed by atoms with Gasteiger partial charge in [-0.1, -0.05) is 72.8 Å². The van der Waals surface area contributed by atoms with Crippen LogP contribution < -0.4 is 15.0 Å². The van der Waals surface area contributed by atoms with E-state index >= 15 is 0 Å². The van der Waals surface area contributed by atoms with Gasteiger partial charge in [0.2, 0.25) is 0 Å². The van der Waals surface area contributed by atoms with E-state index in [4.69, 9.17) is 4.74 Å². The van der Waals surface area contributed by atoms with Gasteiger partial charge in [0.15, 0.2) is 6.04 Å². The van der Waals surface area contributed by atoms with Gasteiger partial charge in [0.25, 0.3) is 5.91 Å². The first-order valence-corrected chi connectivity index (χ1v) is 9.94. The van der Waals surface area contributed by atoms with Crippen LogP contribution in [0.15, 0.2) is 84.9 Å². The largest absolute Gasteiger partial charge is 0.497 e. The second-order valence-corrected chi connectivity index (χ2v) is 7.36. The zero-order valence-electron chi connectivity index (χ0n) is 17.3. The van der Waals surface area contributed by atoms with E-state index in [0.717, 1.165) is 33.9 Å². The molecule has 0 aromatic heterocycles. The molecule has 0 aliphatic carbocycles. The number of nitrogens with one attached hydrogen (secondary N) is 2. The summed E-state index contributed by atoms with van der Waals surface area (Å²) in [6.07, 6.45) is 0. The molecule has 1 unspecified atom stereocenters. The van der Waals surface area contributed by atoms with Crippen LogP contribution in [-0.4, -0.2) is 26.1 Å². The predicted molar refractivity (Wildman–Crippen MR) is 116 cm³/mol. The fraction of sp³-hybridized carbons (Fsp3) is 0.240. The van der Waals surface area contributed by atoms with Crippen LogP contribution in [-0.2, 0) is 11.3 Å². The standard InChI is InChI=1S/C25H28N2O2/c1-19(27(2)18-20-11-10-16-23(17-20)29-3)25(28)26-24(21-12-6-4-7-13-21)22-14-8-5-9-15-22/h4-17,19,24H,18H2,1-3H3,(H,26,28)/p+1/t19-/m1/s1. The van der Waals surface area contributed by atoms with Crippen LogP contribution in [0.1, 0.15) is 29.7 Å². The topological polar surface area (TPSA) is 42.8 Å². The van der Waals surface area contributed by atoms with Crippen LogP contribution >= 0.6 is 0 Å². The first kappa shape index (κ1) is 20.6. The first-order chi connectivity index (χ1) is 14.1. The summed E-state index contributed by atoms with van der Waals surface area (Å²) < 4.78 is 5.31. The van der Waals surface area contributed by atoms with Gasteiger partial charge in [-0.2, -0.15) is 0 Å². The monoisotopic (exact) mass is 389 g/mol. The number of carbonyl (C=O) groups excluding carboxylic acids is 1. The lowest BCUT2D eigenvalue weighted by molar-refractivity contribution is -0.908. The van der Waals surface area contributed by atoms with Gasteiger partial charge >= 0.3 is 0 Å². The van der Waals surface area contributed by atoms with Crippen molar-refractivity contribution in [2.75, 3.05) is 14.2 Å². The summed E-state index contributed by atoms with van der Waals surface area (Å²) in [6.45, 7) is 2.71. The zero-order valence-corrected chi connectivity index (χ0v) is 17.3. The smallest absolute Gasteiger partial charge is 0.278 e. The number of hydrogen-bond donors (Lipinski definition) is 2. The maximum atomic E-state index is 13.1. The molecule has 3 aromatic rings. The summed E-state index contributed by atoms with van der Waals surface area (Å²) >= 11 is 0. The second kappa shape index (κ2) is 9.89. The van der Waals surface area contributed by atoms with Crippen molar-refractivity contribution in [2.45, 2.75) is 25.6 Å². The number of ether oxygens (including phenoxy) is 1. The predicted octanol–water partition coefficient (Wildman–Crippen LogP) is 3.00. The van der Waals surface area contributed by atoms with Crippen molar-refractivity contribution >= 4 is 5.91 Å². The van der Waals surface area contributed by atoms with E-state index in [9.17, 15) is 4.79 Å². The number of amides is 1. The molecule has 29 heavy (non-hydrogen) atoms. The molecule has 0 saturated carbocycles. The van der Waals surface area contributed by atoms with Gasteiger partial charge in [-0.05, 0) is 30.2 Å². The third-order valence-corrected chi connectivity index (χ3v) is 5.30. The minimum Gasteiger partial charge on any atom is -0.497 e. The Morgan fingerprint density at radius 3 is 2.07 bits per heavy atom. The average molecular weight is 390 g/mol. The molecule has 2 N–H and O–H groups in total. The average Bonchev–Trinajstić information content (AvgIpc) is 2.78. The summed E-state index contributed by atoms with van der Waals surface area (Å²) in [6, 6.07) is 27.8. The third kappa shape index (κ3) is 5.46. The second-order valence-electron chi connectivity index (χ2n) is 7.36. The number of hydrogen-bond acceptors (Lipinski definition) is 2. The van der Waals surface area contributed by atoms with E-state index < -0.39 is 0 Å². The Morgan fingerprint density at radius 1 is 0.931 bits per heavy atom. The lowest BCUT2D eigenvalue weighted by Gasteiger charge is -2.25. The fourth-order valence-corrected chi connectivity index (χ4v) is 3.40. The SMILES string of the molecule is COc1cccc(C[NH+](C)[C@H](C)C(=O)NC(c2ccccc2)c2ccccc2)c1. The molecule has 4 heteroatoms. The van der Waals surface area contributed by atoms with Crippen molar-refractivity contribution < 1.29 is 14.4 Å². The van der Waals surface area contributed by atoms with E-state index in [1.54, 1.807) is 7.11 Å².